The number of anilines is 1. The topological polar surface area (TPSA) is 83.1 Å². The smallest absolute Gasteiger partial charge is 0.262 e. The molecule has 0 spiro atoms. The van der Waals surface area contributed by atoms with E-state index in [0.717, 1.165) is 17.5 Å². The number of amides is 2. The maximum absolute atomic E-state index is 13.2. The van der Waals surface area contributed by atoms with Gasteiger partial charge >= 0.3 is 0 Å². The highest BCUT2D eigenvalue weighted by Gasteiger charge is 2.42. The number of carbonyl (C=O) groups is 2. The van der Waals surface area contributed by atoms with Crippen molar-refractivity contribution in [3.05, 3.63) is 35.2 Å². The number of alkyl halides is 2. The largest absolute Gasteiger partial charge is 0.356 e. The van der Waals surface area contributed by atoms with Gasteiger partial charge in [-0.15, -0.1) is 11.3 Å². The Labute approximate surface area is 159 Å². The number of hydrogen-bond donors (Lipinski definition) is 3. The molecule has 3 rings (SSSR count). The second-order valence-corrected chi connectivity index (χ2v) is 7.31. The van der Waals surface area contributed by atoms with E-state index in [4.69, 9.17) is 0 Å². The van der Waals surface area contributed by atoms with Crippen molar-refractivity contribution >= 4 is 28.3 Å². The third kappa shape index (κ3) is 5.30. The molecule has 144 valence electrons. The number of hydrogen-bond acceptors (Lipinski definition) is 5. The number of nitrogens with zero attached hydrogens (tertiary/aromatic N) is 1. The van der Waals surface area contributed by atoms with Gasteiger partial charge in [-0.2, -0.15) is 0 Å². The van der Waals surface area contributed by atoms with Gasteiger partial charge in [0.25, 0.3) is 5.92 Å². The highest BCUT2D eigenvalue weighted by molar-refractivity contribution is 7.14. The molecule has 27 heavy (non-hydrogen) atoms. The lowest BCUT2D eigenvalue weighted by atomic mass is 10.1. The Kier molecular flexibility index (Phi) is 5.81. The summed E-state index contributed by atoms with van der Waals surface area (Å²) < 4.78 is 26.4. The number of benzene rings is 1. The molecule has 6 nitrogen and oxygen atoms in total. The SMILES string of the molecule is CC(=O)NCCc1ccc(-c2csc(NC(=O)C3CC(F)(F)CN3)n2)cc1. The molecule has 1 aromatic heterocycles. The summed E-state index contributed by atoms with van der Waals surface area (Å²) >= 11 is 1.25. The third-order valence-corrected chi connectivity index (χ3v) is 4.96. The first kappa shape index (κ1) is 19.4. The molecule has 3 N–H and O–H groups in total. The lowest BCUT2D eigenvalue weighted by Crippen LogP contribution is -2.35. The molecular weight excluding hydrogens is 374 g/mol. The lowest BCUT2D eigenvalue weighted by Gasteiger charge is -2.09. The highest BCUT2D eigenvalue weighted by Crippen LogP contribution is 2.28. The average Bonchev–Trinajstić information content (AvgIpc) is 3.21. The molecule has 2 aromatic rings. The number of rotatable bonds is 6. The third-order valence-electron chi connectivity index (χ3n) is 4.20. The molecule has 1 aliphatic rings. The standard InChI is InChI=1S/C18H20F2N4O2S/c1-11(25)21-7-6-12-2-4-13(5-3-12)15-9-27-17(23-15)24-16(26)14-8-18(19,20)10-22-14/h2-5,9,14,22H,6-8,10H2,1H3,(H,21,25)(H,23,24,26). The number of carbonyl (C=O) groups excluding carboxylic acids is 2. The molecule has 1 saturated heterocycles. The Morgan fingerprint density at radius 3 is 2.70 bits per heavy atom. The van der Waals surface area contributed by atoms with E-state index in [1.165, 1.54) is 18.3 Å². The van der Waals surface area contributed by atoms with E-state index in [-0.39, 0.29) is 5.91 Å². The predicted octanol–water partition coefficient (Wildman–Crippen LogP) is 2.42. The highest BCUT2D eigenvalue weighted by atomic mass is 32.1. The first-order valence-corrected chi connectivity index (χ1v) is 9.42. The molecule has 9 heteroatoms. The van der Waals surface area contributed by atoms with Crippen molar-refractivity contribution in [2.75, 3.05) is 18.4 Å². The van der Waals surface area contributed by atoms with Crippen molar-refractivity contribution in [1.82, 2.24) is 15.6 Å². The minimum Gasteiger partial charge on any atom is -0.356 e. The minimum absolute atomic E-state index is 0.0554. The van der Waals surface area contributed by atoms with Gasteiger partial charge in [0.15, 0.2) is 5.13 Å². The summed E-state index contributed by atoms with van der Waals surface area (Å²) in [6.07, 6.45) is 0.230. The molecule has 1 aliphatic heterocycles. The summed E-state index contributed by atoms with van der Waals surface area (Å²) in [5.41, 5.74) is 2.68. The molecule has 2 amide bonds. The maximum atomic E-state index is 13.2. The number of halogens is 2. The lowest BCUT2D eigenvalue weighted by molar-refractivity contribution is -0.119. The zero-order chi connectivity index (χ0) is 19.4. The van der Waals surface area contributed by atoms with Gasteiger partial charge in [-0.25, -0.2) is 13.8 Å². The molecule has 1 aromatic carbocycles. The van der Waals surface area contributed by atoms with E-state index in [1.54, 1.807) is 5.38 Å². The van der Waals surface area contributed by atoms with E-state index < -0.39 is 30.8 Å². The molecule has 0 aliphatic carbocycles. The van der Waals surface area contributed by atoms with Crippen LogP contribution in [-0.2, 0) is 16.0 Å². The summed E-state index contributed by atoms with van der Waals surface area (Å²) in [5.74, 6) is -3.40. The van der Waals surface area contributed by atoms with E-state index in [1.807, 2.05) is 24.3 Å². The number of aromatic nitrogens is 1. The van der Waals surface area contributed by atoms with E-state index >= 15 is 0 Å². The normalized spacial score (nSPS) is 18.3. The quantitative estimate of drug-likeness (QED) is 0.703. The van der Waals surface area contributed by atoms with E-state index in [9.17, 15) is 18.4 Å². The first-order valence-electron chi connectivity index (χ1n) is 8.54. The van der Waals surface area contributed by atoms with Gasteiger partial charge in [0.1, 0.15) is 0 Å². The van der Waals surface area contributed by atoms with Crippen LogP contribution in [0.5, 0.6) is 0 Å². The molecular formula is C18H20F2N4O2S. The van der Waals surface area contributed by atoms with Crippen molar-refractivity contribution in [1.29, 1.82) is 0 Å². The van der Waals surface area contributed by atoms with Crippen LogP contribution in [0.3, 0.4) is 0 Å². The van der Waals surface area contributed by atoms with Crippen LogP contribution >= 0.6 is 11.3 Å². The first-order chi connectivity index (χ1) is 12.8. The molecule has 1 unspecified atom stereocenters. The van der Waals surface area contributed by atoms with Crippen LogP contribution in [0.1, 0.15) is 18.9 Å². The second kappa shape index (κ2) is 8.10. The van der Waals surface area contributed by atoms with Gasteiger partial charge in [0.05, 0.1) is 18.3 Å². The summed E-state index contributed by atoms with van der Waals surface area (Å²) in [5, 5.41) is 10.0. The van der Waals surface area contributed by atoms with Gasteiger partial charge < -0.3 is 10.6 Å². The predicted molar refractivity (Wildman–Crippen MR) is 99.9 cm³/mol. The van der Waals surface area contributed by atoms with Crippen molar-refractivity contribution in [3.8, 4) is 11.3 Å². The Balaban J connectivity index is 1.57. The average molecular weight is 394 g/mol. The fraction of sp³-hybridized carbons (Fsp3) is 0.389. The zero-order valence-electron chi connectivity index (χ0n) is 14.7. The minimum atomic E-state index is -2.85. The van der Waals surface area contributed by atoms with Gasteiger partial charge in [-0.3, -0.25) is 14.9 Å². The molecule has 1 fully saturated rings. The van der Waals surface area contributed by atoms with Crippen LogP contribution in [-0.4, -0.2) is 41.9 Å². The van der Waals surface area contributed by atoms with Crippen LogP contribution in [0, 0.1) is 0 Å². The van der Waals surface area contributed by atoms with Gasteiger partial charge in [0, 0.05) is 30.8 Å². The van der Waals surface area contributed by atoms with Crippen LogP contribution in [0.2, 0.25) is 0 Å². The fourth-order valence-corrected chi connectivity index (χ4v) is 3.50. The molecule has 2 heterocycles. The number of thiazole rings is 1. The van der Waals surface area contributed by atoms with Gasteiger partial charge in [-0.05, 0) is 12.0 Å². The second-order valence-electron chi connectivity index (χ2n) is 6.45. The van der Waals surface area contributed by atoms with Crippen LogP contribution in [0.25, 0.3) is 11.3 Å². The van der Waals surface area contributed by atoms with Gasteiger partial charge in [-0.1, -0.05) is 24.3 Å². The zero-order valence-corrected chi connectivity index (χ0v) is 15.5. The van der Waals surface area contributed by atoms with Crippen LogP contribution in [0.4, 0.5) is 13.9 Å². The van der Waals surface area contributed by atoms with Crippen molar-refractivity contribution < 1.29 is 18.4 Å². The van der Waals surface area contributed by atoms with Crippen LogP contribution in [0.15, 0.2) is 29.6 Å². The summed E-state index contributed by atoms with van der Waals surface area (Å²) in [6, 6.07) is 6.85. The molecule has 0 saturated carbocycles. The van der Waals surface area contributed by atoms with Gasteiger partial charge in [0.2, 0.25) is 11.8 Å². The molecule has 0 bridgehead atoms. The summed E-state index contributed by atoms with van der Waals surface area (Å²) in [7, 11) is 0. The summed E-state index contributed by atoms with van der Waals surface area (Å²) in [6.45, 7) is 1.58. The van der Waals surface area contributed by atoms with Crippen molar-refractivity contribution in [3.63, 3.8) is 0 Å². The van der Waals surface area contributed by atoms with E-state index in [0.29, 0.717) is 17.4 Å². The number of nitrogens with one attached hydrogen (secondary N) is 3. The summed E-state index contributed by atoms with van der Waals surface area (Å²) in [4.78, 5) is 27.3. The maximum Gasteiger partial charge on any atom is 0.262 e. The monoisotopic (exact) mass is 394 g/mol. The van der Waals surface area contributed by atoms with E-state index in [2.05, 4.69) is 20.9 Å². The molecule has 1 atom stereocenters. The Morgan fingerprint density at radius 1 is 1.33 bits per heavy atom. The Bertz CT molecular complexity index is 823. The van der Waals surface area contributed by atoms with Crippen molar-refractivity contribution in [2.24, 2.45) is 0 Å². The van der Waals surface area contributed by atoms with Crippen molar-refractivity contribution in [2.45, 2.75) is 31.7 Å². The Hall–Kier alpha value is -2.39. The Morgan fingerprint density at radius 2 is 2.07 bits per heavy atom. The van der Waals surface area contributed by atoms with Crippen LogP contribution < -0.4 is 16.0 Å². The molecule has 0 radical (unpaired) electrons. The fourth-order valence-electron chi connectivity index (χ4n) is 2.78.